The Morgan fingerprint density at radius 3 is 2.25 bits per heavy atom. The van der Waals surface area contributed by atoms with Crippen LogP contribution in [0.2, 0.25) is 0 Å². The van der Waals surface area contributed by atoms with Gasteiger partial charge in [-0.1, -0.05) is 37.5 Å². The van der Waals surface area contributed by atoms with Gasteiger partial charge in [-0.15, -0.1) is 0 Å². The smallest absolute Gasteiger partial charge is 0.350 e. The lowest BCUT2D eigenvalue weighted by molar-refractivity contribution is -0.269. The summed E-state index contributed by atoms with van der Waals surface area (Å²) in [4.78, 5) is 11.4. The second-order valence-corrected chi connectivity index (χ2v) is 15.8. The van der Waals surface area contributed by atoms with Crippen molar-refractivity contribution >= 4 is 39.0 Å². The van der Waals surface area contributed by atoms with Crippen LogP contribution in [0, 0.1) is 0 Å². The quantitative estimate of drug-likeness (QED) is 0.0496. The maximum atomic E-state index is 11.4. The number of fused-ring (bicyclic) bond motifs is 4. The zero-order valence-corrected chi connectivity index (χ0v) is 33.8. The molecule has 1 spiro atoms. The summed E-state index contributed by atoms with van der Waals surface area (Å²) in [5.74, 6) is 0.824. The van der Waals surface area contributed by atoms with E-state index in [1.807, 2.05) is 51.1 Å². The lowest BCUT2D eigenvalue weighted by Crippen LogP contribution is -2.38. The summed E-state index contributed by atoms with van der Waals surface area (Å²) in [6.07, 6.45) is 17.9. The summed E-state index contributed by atoms with van der Waals surface area (Å²) in [5.41, 5.74) is 4.61. The first-order valence-corrected chi connectivity index (χ1v) is 19.8. The van der Waals surface area contributed by atoms with Gasteiger partial charge in [-0.3, -0.25) is 0 Å². The molecule has 0 radical (unpaired) electrons. The van der Waals surface area contributed by atoms with E-state index >= 15 is 0 Å². The van der Waals surface area contributed by atoms with Crippen LogP contribution in [0.15, 0.2) is 96.3 Å². The van der Waals surface area contributed by atoms with Gasteiger partial charge in [0.05, 0.1) is 64.3 Å². The summed E-state index contributed by atoms with van der Waals surface area (Å²) in [6.45, 7) is 17.8. The highest BCUT2D eigenvalue weighted by Gasteiger charge is 2.53. The first-order chi connectivity index (χ1) is 26.8. The van der Waals surface area contributed by atoms with Crippen molar-refractivity contribution in [2.75, 3.05) is 13.2 Å². The highest BCUT2D eigenvalue weighted by Crippen LogP contribution is 2.47. The van der Waals surface area contributed by atoms with Gasteiger partial charge < -0.3 is 41.7 Å². The Hall–Kier alpha value is -4.77. The van der Waals surface area contributed by atoms with Crippen molar-refractivity contribution in [2.45, 2.75) is 123 Å². The first-order valence-electron chi connectivity index (χ1n) is 19.8. The highest BCUT2D eigenvalue weighted by atomic mass is 16.9. The fraction of sp³-hybridized carbons (Fsp3) is 0.457. The SMILES string of the molecule is CCC/C(C)=C/CCOc1c2ccoc2cc2oc(=O)ccc12.CCC1(C)OC1CC/C(C)=C/COc1c2c(cc3occc13)O[C@@]1(C=C2)OC(C)C(C)(C)O1. The van der Waals surface area contributed by atoms with Gasteiger partial charge in [-0.2, -0.15) is 0 Å². The van der Waals surface area contributed by atoms with Crippen LogP contribution in [-0.4, -0.2) is 42.6 Å². The molecule has 10 nitrogen and oxygen atoms in total. The zero-order chi connectivity index (χ0) is 39.7. The van der Waals surface area contributed by atoms with Crippen molar-refractivity contribution in [1.29, 1.82) is 0 Å². The molecule has 2 fully saturated rings. The van der Waals surface area contributed by atoms with Gasteiger partial charge in [0.1, 0.15) is 40.6 Å². The molecule has 0 N–H and O–H groups in total. The first kappa shape index (κ1) is 39.5. The predicted molar refractivity (Wildman–Crippen MR) is 217 cm³/mol. The van der Waals surface area contributed by atoms with Gasteiger partial charge in [-0.05, 0) is 104 Å². The fourth-order valence-electron chi connectivity index (χ4n) is 7.25. The lowest BCUT2D eigenvalue weighted by atomic mass is 9.99. The second kappa shape index (κ2) is 16.0. The maximum absolute atomic E-state index is 11.4. The van der Waals surface area contributed by atoms with Crippen LogP contribution in [0.5, 0.6) is 17.2 Å². The Labute approximate surface area is 328 Å². The number of allylic oxidation sites excluding steroid dienone is 2. The maximum Gasteiger partial charge on any atom is 0.350 e. The van der Waals surface area contributed by atoms with Crippen LogP contribution in [-0.2, 0) is 14.2 Å². The van der Waals surface area contributed by atoms with Crippen LogP contribution in [0.4, 0.5) is 0 Å². The van der Waals surface area contributed by atoms with Crippen molar-refractivity contribution < 1.29 is 41.7 Å². The van der Waals surface area contributed by atoms with E-state index in [1.165, 1.54) is 17.2 Å². The molecule has 5 aromatic rings. The van der Waals surface area contributed by atoms with E-state index < -0.39 is 11.6 Å². The van der Waals surface area contributed by atoms with Gasteiger partial charge in [0.25, 0.3) is 0 Å². The number of hydrogen-bond donors (Lipinski definition) is 0. The van der Waals surface area contributed by atoms with Crippen molar-refractivity contribution in [3.63, 3.8) is 0 Å². The monoisotopic (exact) mass is 766 g/mol. The molecule has 0 amide bonds. The standard InChI is InChI=1S/C27H34O6.C19H20O4/c1-7-26(6)23(32-26)9-8-17(2)11-14-29-24-19-10-13-27(30-18(3)25(4,5)33-27)31-22(19)16-21-20(24)12-15-28-21;1-3-5-13(2)6-4-10-22-19-14-7-8-18(20)23-17(14)12-16-15(19)9-11-21-16/h10-13,15-16,18,23H,7-9,14H2,1-6H3;6-9,11-12H,3-5,10H2,1-2H3/b17-11+;13-6+/t18?,23?,26?,27-;/m1./s1. The third kappa shape index (κ3) is 8.33. The molecule has 0 bridgehead atoms. The van der Waals surface area contributed by atoms with E-state index in [0.717, 1.165) is 66.0 Å². The van der Waals surface area contributed by atoms with E-state index in [4.69, 9.17) is 41.7 Å². The van der Waals surface area contributed by atoms with Crippen LogP contribution in [0.25, 0.3) is 39.0 Å². The van der Waals surface area contributed by atoms with E-state index in [0.29, 0.717) is 47.6 Å². The van der Waals surface area contributed by atoms with Crippen molar-refractivity contribution in [1.82, 2.24) is 0 Å². The summed E-state index contributed by atoms with van der Waals surface area (Å²) in [7, 11) is 0. The molecule has 298 valence electrons. The number of hydrogen-bond acceptors (Lipinski definition) is 10. The van der Waals surface area contributed by atoms with Gasteiger partial charge >= 0.3 is 11.6 Å². The van der Waals surface area contributed by atoms with Crippen LogP contribution >= 0.6 is 0 Å². The summed E-state index contributed by atoms with van der Waals surface area (Å²) in [6, 6.07) is 10.5. The average Bonchev–Trinajstić information content (AvgIpc) is 3.48. The lowest BCUT2D eigenvalue weighted by Gasteiger charge is -2.30. The minimum atomic E-state index is -1.23. The van der Waals surface area contributed by atoms with Crippen LogP contribution < -0.4 is 19.8 Å². The fourth-order valence-corrected chi connectivity index (χ4v) is 7.25. The molecule has 0 saturated carbocycles. The minimum Gasteiger partial charge on any atom is -0.492 e. The van der Waals surface area contributed by atoms with Crippen LogP contribution in [0.3, 0.4) is 0 Å². The molecule has 3 unspecified atom stereocenters. The molecule has 10 heteroatoms. The number of rotatable bonds is 13. The summed E-state index contributed by atoms with van der Waals surface area (Å²) in [5, 5.41) is 2.59. The third-order valence-corrected chi connectivity index (χ3v) is 11.2. The van der Waals surface area contributed by atoms with Crippen LogP contribution in [0.1, 0.15) is 99.5 Å². The average molecular weight is 767 g/mol. The molecule has 6 heterocycles. The largest absolute Gasteiger partial charge is 0.492 e. The summed E-state index contributed by atoms with van der Waals surface area (Å²) >= 11 is 0. The zero-order valence-electron chi connectivity index (χ0n) is 33.8. The second-order valence-electron chi connectivity index (χ2n) is 15.8. The molecule has 4 atom stereocenters. The number of furan rings is 2. The van der Waals surface area contributed by atoms with E-state index in [-0.39, 0.29) is 17.3 Å². The van der Waals surface area contributed by atoms with E-state index in [2.05, 4.69) is 46.8 Å². The Kier molecular flexibility index (Phi) is 11.3. The molecule has 2 aromatic carbocycles. The Morgan fingerprint density at radius 2 is 1.55 bits per heavy atom. The molecule has 3 aliphatic heterocycles. The van der Waals surface area contributed by atoms with Gasteiger partial charge in [0.2, 0.25) is 0 Å². The molecule has 0 aliphatic carbocycles. The number of epoxide rings is 1. The molecule has 56 heavy (non-hydrogen) atoms. The molecular weight excluding hydrogens is 712 g/mol. The Bertz CT molecular complexity index is 2340. The number of ether oxygens (including phenoxy) is 6. The van der Waals surface area contributed by atoms with E-state index in [1.54, 1.807) is 24.7 Å². The highest BCUT2D eigenvalue weighted by molar-refractivity contribution is 6.01. The van der Waals surface area contributed by atoms with E-state index in [9.17, 15) is 4.79 Å². The summed E-state index contributed by atoms with van der Waals surface area (Å²) < 4.78 is 52.9. The Balaban J connectivity index is 0.000000183. The third-order valence-electron chi connectivity index (χ3n) is 11.2. The van der Waals surface area contributed by atoms with Crippen molar-refractivity contribution in [3.8, 4) is 17.2 Å². The molecule has 3 aliphatic rings. The molecule has 8 rings (SSSR count). The van der Waals surface area contributed by atoms with Crippen molar-refractivity contribution in [2.24, 2.45) is 0 Å². The molecular formula is C46H54O10. The van der Waals surface area contributed by atoms with Gasteiger partial charge in [0.15, 0.2) is 0 Å². The number of benzene rings is 2. The van der Waals surface area contributed by atoms with Gasteiger partial charge in [0, 0.05) is 24.3 Å². The van der Waals surface area contributed by atoms with Gasteiger partial charge in [-0.25, -0.2) is 4.79 Å². The topological polar surface area (TPSA) is 115 Å². The minimum absolute atomic E-state index is 0.0796. The molecule has 3 aromatic heterocycles. The predicted octanol–water partition coefficient (Wildman–Crippen LogP) is 11.4. The van der Waals surface area contributed by atoms with Crippen molar-refractivity contribution in [3.05, 3.63) is 94.3 Å². The normalized spacial score (nSPS) is 24.0. The molecule has 2 saturated heterocycles. The Morgan fingerprint density at radius 1 is 0.839 bits per heavy atom.